The standard InChI is InChI=1S/C36H40ClN7O3/c1-23(2)33(40-32(45)21-26-22-39-30-11-7-6-10-28(26)30)36(46)43(27-8-4-5-9-27)18-19-44-35(25-12-13-31(47-3)29(37)20-25)41-34(42-44)24-14-16-38-17-15-24/h6-7,10-17,20,22-23,27,33,39H,4-5,8-9,18-19,21H2,1-3H3,(H,40,45)/t33-/m0/s1. The fourth-order valence-corrected chi connectivity index (χ4v) is 6.66. The first-order valence-electron chi connectivity index (χ1n) is 16.2. The summed E-state index contributed by atoms with van der Waals surface area (Å²) in [5, 5.41) is 9.44. The largest absolute Gasteiger partial charge is 0.495 e. The number of para-hydroxylation sites is 1. The SMILES string of the molecule is COc1ccc(-c2nc(-c3ccncc3)nn2CCN(C(=O)[C@@H](NC(=O)Cc2c[nH]c3ccccc23)C(C)C)C2CCCC2)cc1Cl. The highest BCUT2D eigenvalue weighted by Crippen LogP contribution is 2.31. The van der Waals surface area contributed by atoms with E-state index in [0.717, 1.165) is 53.3 Å². The third-order valence-electron chi connectivity index (χ3n) is 8.90. The molecule has 11 heteroatoms. The number of rotatable bonds is 12. The van der Waals surface area contributed by atoms with Crippen molar-refractivity contribution >= 4 is 34.3 Å². The van der Waals surface area contributed by atoms with Crippen molar-refractivity contribution in [2.45, 2.75) is 64.6 Å². The molecule has 244 valence electrons. The molecule has 1 atom stereocenters. The number of aromatic nitrogens is 5. The number of nitrogens with zero attached hydrogens (tertiary/aromatic N) is 5. The Balaban J connectivity index is 1.25. The van der Waals surface area contributed by atoms with Gasteiger partial charge in [0.05, 0.1) is 25.1 Å². The lowest BCUT2D eigenvalue weighted by molar-refractivity contribution is -0.139. The first kappa shape index (κ1) is 32.2. The molecule has 1 aliphatic rings. The second-order valence-corrected chi connectivity index (χ2v) is 12.8. The lowest BCUT2D eigenvalue weighted by Gasteiger charge is -2.34. The number of pyridine rings is 1. The van der Waals surface area contributed by atoms with Crippen LogP contribution in [0.25, 0.3) is 33.7 Å². The Labute approximate surface area is 279 Å². The van der Waals surface area contributed by atoms with Crippen molar-refractivity contribution in [2.75, 3.05) is 13.7 Å². The van der Waals surface area contributed by atoms with Gasteiger partial charge in [-0.05, 0) is 60.7 Å². The Morgan fingerprint density at radius 3 is 2.57 bits per heavy atom. The Morgan fingerprint density at radius 1 is 1.09 bits per heavy atom. The third-order valence-corrected chi connectivity index (χ3v) is 9.19. The van der Waals surface area contributed by atoms with Gasteiger partial charge in [0.1, 0.15) is 11.8 Å². The summed E-state index contributed by atoms with van der Waals surface area (Å²) >= 11 is 6.51. The fourth-order valence-electron chi connectivity index (χ4n) is 6.40. The highest BCUT2D eigenvalue weighted by atomic mass is 35.5. The van der Waals surface area contributed by atoms with Crippen LogP contribution in [0.2, 0.25) is 5.02 Å². The predicted molar refractivity (Wildman–Crippen MR) is 183 cm³/mol. The minimum atomic E-state index is -0.656. The van der Waals surface area contributed by atoms with Crippen molar-refractivity contribution in [1.29, 1.82) is 0 Å². The van der Waals surface area contributed by atoms with Gasteiger partial charge >= 0.3 is 0 Å². The van der Waals surface area contributed by atoms with Crippen LogP contribution in [0.5, 0.6) is 5.75 Å². The molecule has 5 aromatic rings. The number of carbonyl (C=O) groups excluding carboxylic acids is 2. The van der Waals surface area contributed by atoms with Gasteiger partial charge in [-0.15, -0.1) is 0 Å². The van der Waals surface area contributed by atoms with E-state index in [1.807, 2.05) is 84.2 Å². The van der Waals surface area contributed by atoms with E-state index < -0.39 is 6.04 Å². The molecule has 0 unspecified atom stereocenters. The van der Waals surface area contributed by atoms with Crippen LogP contribution in [0, 0.1) is 5.92 Å². The van der Waals surface area contributed by atoms with Gasteiger partial charge in [0.25, 0.3) is 0 Å². The quantitative estimate of drug-likeness (QED) is 0.163. The van der Waals surface area contributed by atoms with E-state index >= 15 is 0 Å². The Morgan fingerprint density at radius 2 is 1.85 bits per heavy atom. The average molecular weight is 654 g/mol. The van der Waals surface area contributed by atoms with Crippen molar-refractivity contribution < 1.29 is 14.3 Å². The second kappa shape index (κ2) is 14.4. The molecule has 0 spiro atoms. The number of aromatic amines is 1. The molecule has 2 N–H and O–H groups in total. The molecular formula is C36H40ClN7O3. The van der Waals surface area contributed by atoms with E-state index in [1.54, 1.807) is 19.5 Å². The van der Waals surface area contributed by atoms with Gasteiger partial charge in [-0.2, -0.15) is 5.10 Å². The number of ether oxygens (including phenoxy) is 1. The maximum atomic E-state index is 14.4. The summed E-state index contributed by atoms with van der Waals surface area (Å²) in [5.74, 6) is 1.42. The number of halogens is 1. The molecule has 0 bridgehead atoms. The predicted octanol–water partition coefficient (Wildman–Crippen LogP) is 6.31. The number of fused-ring (bicyclic) bond motifs is 1. The molecule has 0 aliphatic heterocycles. The molecule has 3 aromatic heterocycles. The summed E-state index contributed by atoms with van der Waals surface area (Å²) in [5.41, 5.74) is 3.51. The van der Waals surface area contributed by atoms with Crippen molar-refractivity contribution in [1.82, 2.24) is 34.9 Å². The highest BCUT2D eigenvalue weighted by molar-refractivity contribution is 6.32. The molecule has 1 aliphatic carbocycles. The maximum Gasteiger partial charge on any atom is 0.245 e. The van der Waals surface area contributed by atoms with Gasteiger partial charge in [-0.1, -0.05) is 56.5 Å². The lowest BCUT2D eigenvalue weighted by Crippen LogP contribution is -2.54. The van der Waals surface area contributed by atoms with Crippen molar-refractivity contribution in [3.8, 4) is 28.5 Å². The Bertz CT molecular complexity index is 1850. The second-order valence-electron chi connectivity index (χ2n) is 12.4. The normalized spacial score (nSPS) is 14.1. The number of carbonyl (C=O) groups is 2. The number of amides is 2. The molecule has 47 heavy (non-hydrogen) atoms. The number of benzene rings is 2. The zero-order chi connectivity index (χ0) is 32.9. The molecule has 1 saturated carbocycles. The number of hydrogen-bond acceptors (Lipinski definition) is 6. The summed E-state index contributed by atoms with van der Waals surface area (Å²) in [6, 6.07) is 16.6. The van der Waals surface area contributed by atoms with E-state index in [4.69, 9.17) is 26.4 Å². The summed E-state index contributed by atoms with van der Waals surface area (Å²) in [6.45, 7) is 4.78. The minimum absolute atomic E-state index is 0.0670. The summed E-state index contributed by atoms with van der Waals surface area (Å²) in [4.78, 5) is 41.9. The van der Waals surface area contributed by atoms with E-state index in [-0.39, 0.29) is 30.2 Å². The highest BCUT2D eigenvalue weighted by Gasteiger charge is 2.34. The van der Waals surface area contributed by atoms with Crippen LogP contribution >= 0.6 is 11.6 Å². The number of nitrogens with one attached hydrogen (secondary N) is 2. The maximum absolute atomic E-state index is 14.4. The topological polar surface area (TPSA) is 118 Å². The van der Waals surface area contributed by atoms with E-state index in [2.05, 4.69) is 15.3 Å². The monoisotopic (exact) mass is 653 g/mol. The van der Waals surface area contributed by atoms with Crippen molar-refractivity contribution in [2.24, 2.45) is 5.92 Å². The van der Waals surface area contributed by atoms with E-state index in [0.29, 0.717) is 35.5 Å². The molecule has 2 aromatic carbocycles. The van der Waals surface area contributed by atoms with Crippen LogP contribution in [0.15, 0.2) is 73.2 Å². The van der Waals surface area contributed by atoms with E-state index in [1.165, 1.54) is 0 Å². The molecule has 3 heterocycles. The van der Waals surface area contributed by atoms with E-state index in [9.17, 15) is 9.59 Å². The number of hydrogen-bond donors (Lipinski definition) is 2. The Hall–Kier alpha value is -4.70. The fraction of sp³-hybridized carbons (Fsp3) is 0.361. The summed E-state index contributed by atoms with van der Waals surface area (Å²) in [6.07, 6.45) is 9.47. The average Bonchev–Trinajstić information content (AvgIpc) is 3.85. The summed E-state index contributed by atoms with van der Waals surface area (Å²) < 4.78 is 7.20. The van der Waals surface area contributed by atoms with Crippen LogP contribution in [0.1, 0.15) is 45.1 Å². The van der Waals surface area contributed by atoms with Crippen LogP contribution in [0.4, 0.5) is 0 Å². The molecule has 2 amide bonds. The van der Waals surface area contributed by atoms with Crippen LogP contribution < -0.4 is 10.1 Å². The molecule has 1 fully saturated rings. The molecule has 6 rings (SSSR count). The molecule has 0 radical (unpaired) electrons. The third kappa shape index (κ3) is 7.17. The minimum Gasteiger partial charge on any atom is -0.495 e. The van der Waals surface area contributed by atoms with Gasteiger partial charge in [-0.3, -0.25) is 14.6 Å². The molecule has 10 nitrogen and oxygen atoms in total. The van der Waals surface area contributed by atoms with Crippen LogP contribution in [-0.4, -0.2) is 67.2 Å². The first-order valence-corrected chi connectivity index (χ1v) is 16.5. The zero-order valence-corrected chi connectivity index (χ0v) is 27.7. The van der Waals surface area contributed by atoms with Crippen LogP contribution in [-0.2, 0) is 22.6 Å². The zero-order valence-electron chi connectivity index (χ0n) is 26.9. The van der Waals surface area contributed by atoms with Crippen LogP contribution in [0.3, 0.4) is 0 Å². The summed E-state index contributed by atoms with van der Waals surface area (Å²) in [7, 11) is 1.58. The van der Waals surface area contributed by atoms with Crippen molar-refractivity contribution in [3.05, 3.63) is 83.8 Å². The van der Waals surface area contributed by atoms with Gasteiger partial charge < -0.3 is 19.9 Å². The van der Waals surface area contributed by atoms with Gasteiger partial charge in [0, 0.05) is 53.2 Å². The lowest BCUT2D eigenvalue weighted by atomic mass is 10.0. The number of H-pyrrole nitrogens is 1. The van der Waals surface area contributed by atoms with Crippen molar-refractivity contribution in [3.63, 3.8) is 0 Å². The van der Waals surface area contributed by atoms with Gasteiger partial charge in [-0.25, -0.2) is 9.67 Å². The smallest absolute Gasteiger partial charge is 0.245 e. The Kier molecular flexibility index (Phi) is 9.87. The first-order chi connectivity index (χ1) is 22.8. The van der Waals surface area contributed by atoms with Gasteiger partial charge in [0.15, 0.2) is 11.6 Å². The molecular weight excluding hydrogens is 614 g/mol. The number of methoxy groups -OCH3 is 1. The molecule has 0 saturated heterocycles. The van der Waals surface area contributed by atoms with Gasteiger partial charge in [0.2, 0.25) is 11.8 Å².